The van der Waals surface area contributed by atoms with E-state index < -0.39 is 0 Å². The van der Waals surface area contributed by atoms with E-state index in [1.54, 1.807) is 14.2 Å². The highest BCUT2D eigenvalue weighted by atomic mass is 32.2. The van der Waals surface area contributed by atoms with Gasteiger partial charge in [-0.05, 0) is 61.4 Å². The molecule has 1 N–H and O–H groups in total. The summed E-state index contributed by atoms with van der Waals surface area (Å²) in [6, 6.07) is 16.1. The van der Waals surface area contributed by atoms with Crippen molar-refractivity contribution in [3.63, 3.8) is 0 Å². The number of imidazole rings is 1. The van der Waals surface area contributed by atoms with E-state index in [1.165, 1.54) is 19.3 Å². The Morgan fingerprint density at radius 1 is 0.885 bits per heavy atom. The number of rotatable bonds is 6. The van der Waals surface area contributed by atoms with E-state index in [2.05, 4.69) is 29.2 Å². The highest BCUT2D eigenvalue weighted by molar-refractivity contribution is 7.99. The Labute approximate surface area is 158 Å². The fourth-order valence-electron chi connectivity index (χ4n) is 2.98. The van der Waals surface area contributed by atoms with Gasteiger partial charge in [-0.3, -0.25) is 0 Å². The summed E-state index contributed by atoms with van der Waals surface area (Å²) in [7, 11) is 3.36. The Balaban J connectivity index is 1.73. The average Bonchev–Trinajstić information content (AvgIpc) is 3.09. The van der Waals surface area contributed by atoms with Gasteiger partial charge >= 0.3 is 0 Å². The highest BCUT2D eigenvalue weighted by Crippen LogP contribution is 2.39. The molecule has 0 amide bonds. The fraction of sp³-hybridized carbons (Fsp3) is 0.286. The van der Waals surface area contributed by atoms with Crippen molar-refractivity contribution in [1.29, 1.82) is 0 Å². The molecule has 1 aliphatic rings. The molecule has 0 radical (unpaired) electrons. The van der Waals surface area contributed by atoms with Crippen LogP contribution in [0.25, 0.3) is 22.5 Å². The van der Waals surface area contributed by atoms with Crippen molar-refractivity contribution in [3.8, 4) is 34.0 Å². The SMILES string of the molecule is COc1ccc(-c2nc(SC3CCC3)[nH]c2-c2ccc(OC)cc2)cc1. The first-order valence-corrected chi connectivity index (χ1v) is 9.70. The lowest BCUT2D eigenvalue weighted by molar-refractivity contribution is 0.414. The lowest BCUT2D eigenvalue weighted by Gasteiger charge is -2.23. The van der Waals surface area contributed by atoms with Crippen LogP contribution in [0.1, 0.15) is 19.3 Å². The van der Waals surface area contributed by atoms with E-state index >= 15 is 0 Å². The summed E-state index contributed by atoms with van der Waals surface area (Å²) in [5, 5.41) is 1.68. The first-order valence-electron chi connectivity index (χ1n) is 8.82. The van der Waals surface area contributed by atoms with E-state index in [-0.39, 0.29) is 0 Å². The Morgan fingerprint density at radius 2 is 1.46 bits per heavy atom. The van der Waals surface area contributed by atoms with Gasteiger partial charge in [0.2, 0.25) is 0 Å². The predicted octanol–water partition coefficient (Wildman–Crippen LogP) is 5.41. The second kappa shape index (κ2) is 7.46. The number of ether oxygens (including phenoxy) is 2. The average molecular weight is 366 g/mol. The fourth-order valence-corrected chi connectivity index (χ4v) is 4.17. The Morgan fingerprint density at radius 3 is 1.96 bits per heavy atom. The molecule has 1 saturated carbocycles. The molecule has 0 atom stereocenters. The summed E-state index contributed by atoms with van der Waals surface area (Å²) in [5.74, 6) is 1.70. The number of H-pyrrole nitrogens is 1. The van der Waals surface area contributed by atoms with Crippen LogP contribution in [0.3, 0.4) is 0 Å². The van der Waals surface area contributed by atoms with Crippen LogP contribution in [0.2, 0.25) is 0 Å². The van der Waals surface area contributed by atoms with E-state index in [0.717, 1.165) is 39.2 Å². The molecule has 0 spiro atoms. The zero-order valence-electron chi connectivity index (χ0n) is 15.0. The zero-order chi connectivity index (χ0) is 17.9. The van der Waals surface area contributed by atoms with Crippen molar-refractivity contribution in [1.82, 2.24) is 9.97 Å². The van der Waals surface area contributed by atoms with Gasteiger partial charge in [-0.15, -0.1) is 0 Å². The van der Waals surface area contributed by atoms with Gasteiger partial charge in [0.25, 0.3) is 0 Å². The Hall–Kier alpha value is -2.40. The molecule has 1 heterocycles. The summed E-state index contributed by atoms with van der Waals surface area (Å²) in [6.07, 6.45) is 3.89. The monoisotopic (exact) mass is 366 g/mol. The molecule has 134 valence electrons. The predicted molar refractivity (Wildman–Crippen MR) is 106 cm³/mol. The first-order chi connectivity index (χ1) is 12.8. The number of methoxy groups -OCH3 is 2. The molecule has 5 heteroatoms. The Kier molecular flexibility index (Phi) is 4.89. The molecular weight excluding hydrogens is 344 g/mol. The van der Waals surface area contributed by atoms with E-state index in [9.17, 15) is 0 Å². The molecular formula is C21H22N2O2S. The zero-order valence-corrected chi connectivity index (χ0v) is 15.8. The van der Waals surface area contributed by atoms with E-state index in [1.807, 2.05) is 36.0 Å². The second-order valence-corrected chi connectivity index (χ2v) is 7.68. The molecule has 1 aromatic heterocycles. The molecule has 26 heavy (non-hydrogen) atoms. The maximum Gasteiger partial charge on any atom is 0.166 e. The van der Waals surface area contributed by atoms with Crippen LogP contribution in [0, 0.1) is 0 Å². The third-order valence-corrected chi connectivity index (χ3v) is 5.98. The molecule has 0 aliphatic heterocycles. The van der Waals surface area contributed by atoms with E-state index in [4.69, 9.17) is 14.5 Å². The van der Waals surface area contributed by atoms with Crippen molar-refractivity contribution >= 4 is 11.8 Å². The quantitative estimate of drug-likeness (QED) is 0.634. The molecule has 4 nitrogen and oxygen atoms in total. The summed E-state index contributed by atoms with van der Waals surface area (Å²) >= 11 is 1.85. The van der Waals surface area contributed by atoms with Crippen LogP contribution in [-0.2, 0) is 0 Å². The summed E-state index contributed by atoms with van der Waals surface area (Å²) in [4.78, 5) is 8.45. The van der Waals surface area contributed by atoms with Crippen molar-refractivity contribution in [2.45, 2.75) is 29.7 Å². The van der Waals surface area contributed by atoms with Crippen LogP contribution in [0.5, 0.6) is 11.5 Å². The Bertz CT molecular complexity index is 803. The summed E-state index contributed by atoms with van der Waals surface area (Å²) < 4.78 is 10.6. The van der Waals surface area contributed by atoms with Gasteiger partial charge in [0.1, 0.15) is 11.5 Å². The highest BCUT2D eigenvalue weighted by Gasteiger charge is 2.22. The van der Waals surface area contributed by atoms with Gasteiger partial charge in [0, 0.05) is 16.4 Å². The van der Waals surface area contributed by atoms with Crippen LogP contribution in [0.15, 0.2) is 53.7 Å². The number of hydrogen-bond donors (Lipinski definition) is 1. The molecule has 4 rings (SSSR count). The van der Waals surface area contributed by atoms with Gasteiger partial charge < -0.3 is 14.5 Å². The smallest absolute Gasteiger partial charge is 0.166 e. The molecule has 3 aromatic rings. The minimum absolute atomic E-state index is 0.689. The molecule has 1 aliphatic carbocycles. The molecule has 2 aromatic carbocycles. The lowest BCUT2D eigenvalue weighted by atomic mass is 10.0. The van der Waals surface area contributed by atoms with Crippen molar-refractivity contribution in [2.75, 3.05) is 14.2 Å². The lowest BCUT2D eigenvalue weighted by Crippen LogP contribution is -2.12. The number of nitrogens with zero attached hydrogens (tertiary/aromatic N) is 1. The second-order valence-electron chi connectivity index (χ2n) is 6.39. The minimum Gasteiger partial charge on any atom is -0.497 e. The minimum atomic E-state index is 0.689. The summed E-state index contributed by atoms with van der Waals surface area (Å²) in [5.41, 5.74) is 4.19. The van der Waals surface area contributed by atoms with Crippen LogP contribution in [-0.4, -0.2) is 29.4 Å². The topological polar surface area (TPSA) is 47.1 Å². The molecule has 0 bridgehead atoms. The van der Waals surface area contributed by atoms with Gasteiger partial charge in [-0.1, -0.05) is 18.2 Å². The normalized spacial score (nSPS) is 14.1. The number of thioether (sulfide) groups is 1. The largest absolute Gasteiger partial charge is 0.497 e. The number of benzene rings is 2. The standard InChI is InChI=1S/C21H22N2O2S/c1-24-16-10-6-14(7-11-16)19-20(15-8-12-17(25-2)13-9-15)23-21(22-19)26-18-4-3-5-18/h6-13,18H,3-5H2,1-2H3,(H,22,23). The third kappa shape index (κ3) is 3.44. The maximum absolute atomic E-state index is 5.28. The van der Waals surface area contributed by atoms with Gasteiger partial charge in [-0.2, -0.15) is 0 Å². The van der Waals surface area contributed by atoms with Gasteiger partial charge in [0.15, 0.2) is 5.16 Å². The van der Waals surface area contributed by atoms with Crippen molar-refractivity contribution in [3.05, 3.63) is 48.5 Å². The van der Waals surface area contributed by atoms with Crippen molar-refractivity contribution < 1.29 is 9.47 Å². The molecule has 0 unspecified atom stereocenters. The van der Waals surface area contributed by atoms with Crippen LogP contribution >= 0.6 is 11.8 Å². The molecule has 1 fully saturated rings. The molecule has 0 saturated heterocycles. The first kappa shape index (κ1) is 17.0. The van der Waals surface area contributed by atoms with Crippen LogP contribution < -0.4 is 9.47 Å². The van der Waals surface area contributed by atoms with E-state index in [0.29, 0.717) is 5.25 Å². The number of aromatic amines is 1. The van der Waals surface area contributed by atoms with Crippen LogP contribution in [0.4, 0.5) is 0 Å². The van der Waals surface area contributed by atoms with Crippen molar-refractivity contribution in [2.24, 2.45) is 0 Å². The third-order valence-electron chi connectivity index (χ3n) is 4.75. The number of aromatic nitrogens is 2. The van der Waals surface area contributed by atoms with Gasteiger partial charge in [-0.25, -0.2) is 4.98 Å². The summed E-state index contributed by atoms with van der Waals surface area (Å²) in [6.45, 7) is 0. The number of hydrogen-bond acceptors (Lipinski definition) is 4. The maximum atomic E-state index is 5.28. The van der Waals surface area contributed by atoms with Gasteiger partial charge in [0.05, 0.1) is 25.6 Å². The number of nitrogens with one attached hydrogen (secondary N) is 1.